The Labute approximate surface area is 89.9 Å². The van der Waals surface area contributed by atoms with E-state index in [4.69, 9.17) is 5.73 Å². The van der Waals surface area contributed by atoms with Crippen LogP contribution in [0.3, 0.4) is 0 Å². The van der Waals surface area contributed by atoms with E-state index < -0.39 is 5.54 Å². The summed E-state index contributed by atoms with van der Waals surface area (Å²) in [6, 6.07) is 5.79. The molecule has 0 saturated heterocycles. The Morgan fingerprint density at radius 2 is 2.20 bits per heavy atom. The lowest BCUT2D eigenvalue weighted by Crippen LogP contribution is -2.50. The van der Waals surface area contributed by atoms with Crippen LogP contribution < -0.4 is 11.1 Å². The highest BCUT2D eigenvalue weighted by Gasteiger charge is 2.23. The summed E-state index contributed by atoms with van der Waals surface area (Å²) in [4.78, 5) is 15.4. The van der Waals surface area contributed by atoms with Crippen LogP contribution in [0.5, 0.6) is 0 Å². The van der Waals surface area contributed by atoms with Crippen LogP contribution in [-0.2, 0) is 11.3 Å². The van der Waals surface area contributed by atoms with Gasteiger partial charge in [-0.15, -0.1) is 0 Å². The fraction of sp³-hybridized carbons (Fsp3) is 0.455. The second-order valence-corrected chi connectivity index (χ2v) is 4.11. The first kappa shape index (κ1) is 11.7. The van der Waals surface area contributed by atoms with Gasteiger partial charge in [-0.3, -0.25) is 15.1 Å². The molecule has 0 saturated carbocycles. The van der Waals surface area contributed by atoms with E-state index in [0.717, 1.165) is 11.4 Å². The zero-order valence-electron chi connectivity index (χ0n) is 9.37. The van der Waals surface area contributed by atoms with Crippen molar-refractivity contribution in [1.29, 1.82) is 0 Å². The van der Waals surface area contributed by atoms with Crippen LogP contribution in [0.4, 0.5) is 0 Å². The number of pyridine rings is 1. The van der Waals surface area contributed by atoms with Gasteiger partial charge in [-0.1, -0.05) is 6.07 Å². The second kappa shape index (κ2) is 4.40. The summed E-state index contributed by atoms with van der Waals surface area (Å²) in [5.41, 5.74) is 6.41. The largest absolute Gasteiger partial charge is 0.368 e. The van der Waals surface area contributed by atoms with Gasteiger partial charge in [0.25, 0.3) is 0 Å². The van der Waals surface area contributed by atoms with E-state index in [-0.39, 0.29) is 5.91 Å². The number of carbonyl (C=O) groups excluding carboxylic acids is 1. The molecule has 0 spiro atoms. The van der Waals surface area contributed by atoms with Gasteiger partial charge < -0.3 is 5.73 Å². The topological polar surface area (TPSA) is 68.0 Å². The van der Waals surface area contributed by atoms with E-state index in [2.05, 4.69) is 10.3 Å². The molecular formula is C11H17N3O. The number of nitrogens with two attached hydrogens (primary N) is 1. The third kappa shape index (κ3) is 3.32. The van der Waals surface area contributed by atoms with Crippen LogP contribution in [0.1, 0.15) is 25.2 Å². The van der Waals surface area contributed by atoms with Crippen LogP contribution in [-0.4, -0.2) is 16.4 Å². The third-order valence-electron chi connectivity index (χ3n) is 2.27. The Kier molecular flexibility index (Phi) is 3.42. The number of aryl methyl sites for hydroxylation is 1. The molecule has 0 radical (unpaired) electrons. The highest BCUT2D eigenvalue weighted by atomic mass is 16.1. The minimum Gasteiger partial charge on any atom is -0.368 e. The van der Waals surface area contributed by atoms with E-state index >= 15 is 0 Å². The lowest BCUT2D eigenvalue weighted by atomic mass is 10.1. The predicted octanol–water partition coefficient (Wildman–Crippen LogP) is 0.744. The van der Waals surface area contributed by atoms with Crippen molar-refractivity contribution in [2.75, 3.05) is 0 Å². The number of amides is 1. The van der Waals surface area contributed by atoms with Crippen LogP contribution in [0, 0.1) is 6.92 Å². The second-order valence-electron chi connectivity index (χ2n) is 4.11. The molecule has 0 unspecified atom stereocenters. The first-order valence-electron chi connectivity index (χ1n) is 4.89. The molecule has 3 N–H and O–H groups in total. The molecule has 1 aromatic rings. The molecule has 0 fully saturated rings. The fourth-order valence-electron chi connectivity index (χ4n) is 1.10. The van der Waals surface area contributed by atoms with E-state index in [1.165, 1.54) is 0 Å². The Bertz CT molecular complexity index is 361. The summed E-state index contributed by atoms with van der Waals surface area (Å²) >= 11 is 0. The molecule has 82 valence electrons. The van der Waals surface area contributed by atoms with E-state index in [9.17, 15) is 4.79 Å². The molecule has 0 atom stereocenters. The van der Waals surface area contributed by atoms with Crippen molar-refractivity contribution in [3.8, 4) is 0 Å². The van der Waals surface area contributed by atoms with E-state index in [1.807, 2.05) is 25.1 Å². The fourth-order valence-corrected chi connectivity index (χ4v) is 1.10. The quantitative estimate of drug-likeness (QED) is 0.765. The SMILES string of the molecule is Cc1cccc(CNC(C)(C)C(N)=O)n1. The normalized spacial score (nSPS) is 11.4. The molecule has 1 aromatic heterocycles. The van der Waals surface area contributed by atoms with Gasteiger partial charge in [-0.25, -0.2) is 0 Å². The molecule has 0 aromatic carbocycles. The number of hydrogen-bond donors (Lipinski definition) is 2. The van der Waals surface area contributed by atoms with Gasteiger partial charge >= 0.3 is 0 Å². The summed E-state index contributed by atoms with van der Waals surface area (Å²) in [7, 11) is 0. The Morgan fingerprint density at radius 1 is 1.53 bits per heavy atom. The van der Waals surface area contributed by atoms with Crippen LogP contribution in [0.2, 0.25) is 0 Å². The maximum Gasteiger partial charge on any atom is 0.237 e. The van der Waals surface area contributed by atoms with Gasteiger partial charge in [0.1, 0.15) is 0 Å². The molecule has 0 bridgehead atoms. The summed E-state index contributed by atoms with van der Waals surface area (Å²) in [5.74, 6) is -0.366. The lowest BCUT2D eigenvalue weighted by molar-refractivity contribution is -0.123. The molecular weight excluding hydrogens is 190 g/mol. The van der Waals surface area contributed by atoms with Crippen molar-refractivity contribution in [1.82, 2.24) is 10.3 Å². The molecule has 0 aliphatic carbocycles. The zero-order chi connectivity index (χ0) is 11.5. The zero-order valence-corrected chi connectivity index (χ0v) is 9.37. The smallest absolute Gasteiger partial charge is 0.237 e. The molecule has 1 amide bonds. The van der Waals surface area contributed by atoms with Gasteiger partial charge in [-0.2, -0.15) is 0 Å². The average Bonchev–Trinajstić information content (AvgIpc) is 2.15. The molecule has 4 nitrogen and oxygen atoms in total. The highest BCUT2D eigenvalue weighted by molar-refractivity contribution is 5.83. The van der Waals surface area contributed by atoms with Crippen LogP contribution >= 0.6 is 0 Å². The lowest BCUT2D eigenvalue weighted by Gasteiger charge is -2.21. The van der Waals surface area contributed by atoms with E-state index in [0.29, 0.717) is 6.54 Å². The number of primary amides is 1. The number of nitrogens with one attached hydrogen (secondary N) is 1. The molecule has 4 heteroatoms. The number of carbonyl (C=O) groups is 1. The summed E-state index contributed by atoms with van der Waals surface area (Å²) < 4.78 is 0. The molecule has 0 aliphatic heterocycles. The minimum absolute atomic E-state index is 0.366. The van der Waals surface area contributed by atoms with Gasteiger partial charge in [0, 0.05) is 12.2 Å². The van der Waals surface area contributed by atoms with Crippen molar-refractivity contribution in [2.45, 2.75) is 32.9 Å². The number of hydrogen-bond acceptors (Lipinski definition) is 3. The molecule has 15 heavy (non-hydrogen) atoms. The van der Waals surface area contributed by atoms with Gasteiger partial charge in [0.15, 0.2) is 0 Å². The predicted molar refractivity (Wildman–Crippen MR) is 59.1 cm³/mol. The van der Waals surface area contributed by atoms with Crippen molar-refractivity contribution >= 4 is 5.91 Å². The summed E-state index contributed by atoms with van der Waals surface area (Å²) in [6.07, 6.45) is 0. The Balaban J connectivity index is 2.61. The minimum atomic E-state index is -0.703. The number of nitrogens with zero attached hydrogens (tertiary/aromatic N) is 1. The highest BCUT2D eigenvalue weighted by Crippen LogP contribution is 2.03. The molecule has 1 rings (SSSR count). The van der Waals surface area contributed by atoms with Gasteiger partial charge in [0.2, 0.25) is 5.91 Å². The summed E-state index contributed by atoms with van der Waals surface area (Å²) in [5, 5.41) is 3.06. The van der Waals surface area contributed by atoms with Crippen LogP contribution in [0.15, 0.2) is 18.2 Å². The molecule has 0 aliphatic rings. The van der Waals surface area contributed by atoms with Gasteiger partial charge in [-0.05, 0) is 32.9 Å². The first-order chi connectivity index (χ1) is 6.92. The number of aromatic nitrogens is 1. The number of rotatable bonds is 4. The van der Waals surface area contributed by atoms with Crippen molar-refractivity contribution in [3.05, 3.63) is 29.6 Å². The standard InChI is InChI=1S/C11H17N3O/c1-8-5-4-6-9(14-8)7-13-11(2,3)10(12)15/h4-6,13H,7H2,1-3H3,(H2,12,15). The van der Waals surface area contributed by atoms with E-state index in [1.54, 1.807) is 13.8 Å². The van der Waals surface area contributed by atoms with Crippen molar-refractivity contribution in [3.63, 3.8) is 0 Å². The van der Waals surface area contributed by atoms with Crippen LogP contribution in [0.25, 0.3) is 0 Å². The maximum absolute atomic E-state index is 11.0. The van der Waals surface area contributed by atoms with Crippen molar-refractivity contribution in [2.24, 2.45) is 5.73 Å². The van der Waals surface area contributed by atoms with Crippen molar-refractivity contribution < 1.29 is 4.79 Å². The van der Waals surface area contributed by atoms with Gasteiger partial charge in [0.05, 0.1) is 11.2 Å². The Morgan fingerprint density at radius 3 is 2.73 bits per heavy atom. The summed E-state index contributed by atoms with van der Waals surface area (Å²) in [6.45, 7) is 5.98. The third-order valence-corrected chi connectivity index (χ3v) is 2.27. The maximum atomic E-state index is 11.0. The Hall–Kier alpha value is -1.42. The first-order valence-corrected chi connectivity index (χ1v) is 4.89. The average molecular weight is 207 g/mol. The monoisotopic (exact) mass is 207 g/mol. The molecule has 1 heterocycles.